The Balaban J connectivity index is 1.91. The lowest BCUT2D eigenvalue weighted by atomic mass is 10.2. The van der Waals surface area contributed by atoms with Crippen LogP contribution in [0.4, 0.5) is 5.69 Å². The first-order valence-corrected chi connectivity index (χ1v) is 6.51. The Kier molecular flexibility index (Phi) is 2.80. The predicted octanol–water partition coefficient (Wildman–Crippen LogP) is 2.54. The van der Waals surface area contributed by atoms with Crippen LogP contribution in [0.5, 0.6) is 0 Å². The lowest BCUT2D eigenvalue weighted by Crippen LogP contribution is -2.33. The summed E-state index contributed by atoms with van der Waals surface area (Å²) < 4.78 is 3.14. The van der Waals surface area contributed by atoms with Crippen molar-refractivity contribution in [1.29, 1.82) is 5.26 Å². The van der Waals surface area contributed by atoms with Gasteiger partial charge in [0.2, 0.25) is 0 Å². The molecule has 0 radical (unpaired) electrons. The highest BCUT2D eigenvalue weighted by molar-refractivity contribution is 9.10. The Bertz CT molecular complexity index is 626. The van der Waals surface area contributed by atoms with E-state index in [2.05, 4.69) is 36.5 Å². The molecule has 0 bridgehead atoms. The fraction of sp³-hybridized carbons (Fsp3) is 0.231. The van der Waals surface area contributed by atoms with Gasteiger partial charge in [-0.25, -0.2) is 4.98 Å². The predicted molar refractivity (Wildman–Crippen MR) is 72.1 cm³/mol. The minimum Gasteiger partial charge on any atom is -0.363 e. The summed E-state index contributed by atoms with van der Waals surface area (Å²) in [6, 6.07) is 7.86. The van der Waals surface area contributed by atoms with Gasteiger partial charge in [-0.15, -0.1) is 0 Å². The van der Waals surface area contributed by atoms with Crippen molar-refractivity contribution in [3.8, 4) is 6.07 Å². The van der Waals surface area contributed by atoms with E-state index < -0.39 is 0 Å². The Morgan fingerprint density at radius 3 is 3.00 bits per heavy atom. The second kappa shape index (κ2) is 4.46. The monoisotopic (exact) mass is 302 g/mol. The van der Waals surface area contributed by atoms with E-state index in [9.17, 15) is 0 Å². The van der Waals surface area contributed by atoms with Crippen LogP contribution >= 0.6 is 15.9 Å². The number of fused-ring (bicyclic) bond motifs is 1. The van der Waals surface area contributed by atoms with Gasteiger partial charge in [0.05, 0.1) is 35.9 Å². The number of nitriles is 1. The standard InChI is InChI=1S/C13H11BrN4/c14-12-5-10(6-15)1-2-13(12)17-3-4-18-9-16-7-11(18)8-17/h1-2,5,7,9H,3-4,8H2. The highest BCUT2D eigenvalue weighted by Gasteiger charge is 2.18. The highest BCUT2D eigenvalue weighted by atomic mass is 79.9. The van der Waals surface area contributed by atoms with Crippen molar-refractivity contribution in [3.05, 3.63) is 46.5 Å². The number of rotatable bonds is 1. The van der Waals surface area contributed by atoms with Gasteiger partial charge < -0.3 is 9.47 Å². The van der Waals surface area contributed by atoms with Crippen LogP contribution in [0.1, 0.15) is 11.3 Å². The minimum absolute atomic E-state index is 0.674. The minimum atomic E-state index is 0.674. The molecule has 1 aromatic heterocycles. The first-order valence-electron chi connectivity index (χ1n) is 5.71. The van der Waals surface area contributed by atoms with Crippen LogP contribution in [0, 0.1) is 11.3 Å². The smallest absolute Gasteiger partial charge is 0.0992 e. The first-order chi connectivity index (χ1) is 8.78. The third kappa shape index (κ3) is 1.89. The number of hydrogen-bond acceptors (Lipinski definition) is 3. The number of hydrogen-bond donors (Lipinski definition) is 0. The average Bonchev–Trinajstić information content (AvgIpc) is 2.85. The Morgan fingerprint density at radius 2 is 2.22 bits per heavy atom. The number of nitrogens with zero attached hydrogens (tertiary/aromatic N) is 4. The van der Waals surface area contributed by atoms with Crippen LogP contribution < -0.4 is 4.90 Å². The van der Waals surface area contributed by atoms with Crippen molar-refractivity contribution < 1.29 is 0 Å². The molecule has 0 amide bonds. The number of anilines is 1. The molecule has 0 spiro atoms. The summed E-state index contributed by atoms with van der Waals surface area (Å²) >= 11 is 3.54. The molecule has 3 rings (SSSR count). The molecule has 4 nitrogen and oxygen atoms in total. The van der Waals surface area contributed by atoms with E-state index in [-0.39, 0.29) is 0 Å². The van der Waals surface area contributed by atoms with E-state index in [0.717, 1.165) is 29.8 Å². The first kappa shape index (κ1) is 11.3. The summed E-state index contributed by atoms with van der Waals surface area (Å²) in [5, 5.41) is 8.87. The fourth-order valence-electron chi connectivity index (χ4n) is 2.22. The molecule has 0 atom stereocenters. The maximum absolute atomic E-state index is 8.87. The number of aromatic nitrogens is 2. The molecule has 0 aliphatic carbocycles. The fourth-order valence-corrected chi connectivity index (χ4v) is 2.85. The van der Waals surface area contributed by atoms with Gasteiger partial charge in [0.15, 0.2) is 0 Å². The maximum Gasteiger partial charge on any atom is 0.0992 e. The molecule has 0 fully saturated rings. The van der Waals surface area contributed by atoms with Crippen LogP contribution in [0.25, 0.3) is 0 Å². The molecule has 18 heavy (non-hydrogen) atoms. The zero-order valence-electron chi connectivity index (χ0n) is 9.67. The van der Waals surface area contributed by atoms with Gasteiger partial charge in [-0.1, -0.05) is 0 Å². The second-order valence-electron chi connectivity index (χ2n) is 4.28. The summed E-state index contributed by atoms with van der Waals surface area (Å²) in [5.74, 6) is 0. The number of imidazole rings is 1. The molecule has 2 aromatic rings. The van der Waals surface area contributed by atoms with Crippen LogP contribution in [-0.2, 0) is 13.1 Å². The molecule has 1 aliphatic rings. The zero-order valence-corrected chi connectivity index (χ0v) is 11.3. The highest BCUT2D eigenvalue weighted by Crippen LogP contribution is 2.29. The van der Waals surface area contributed by atoms with Crippen molar-refractivity contribution in [3.63, 3.8) is 0 Å². The maximum atomic E-state index is 8.87. The second-order valence-corrected chi connectivity index (χ2v) is 5.13. The van der Waals surface area contributed by atoms with Crippen molar-refractivity contribution in [2.45, 2.75) is 13.1 Å². The normalized spacial score (nSPS) is 14.1. The van der Waals surface area contributed by atoms with E-state index in [1.807, 2.05) is 30.7 Å². The van der Waals surface area contributed by atoms with Gasteiger partial charge >= 0.3 is 0 Å². The molecule has 0 saturated carbocycles. The van der Waals surface area contributed by atoms with E-state index in [1.54, 1.807) is 0 Å². The Morgan fingerprint density at radius 1 is 1.33 bits per heavy atom. The summed E-state index contributed by atoms with van der Waals surface area (Å²) in [6.45, 7) is 2.75. The summed E-state index contributed by atoms with van der Waals surface area (Å²) in [5.41, 5.74) is 3.02. The number of benzene rings is 1. The SMILES string of the molecule is N#Cc1ccc(N2CCn3cncc3C2)c(Br)c1. The molecule has 0 N–H and O–H groups in total. The molecular weight excluding hydrogens is 292 g/mol. The van der Waals surface area contributed by atoms with Crippen molar-refractivity contribution >= 4 is 21.6 Å². The molecule has 0 unspecified atom stereocenters. The van der Waals surface area contributed by atoms with Gasteiger partial charge in [-0.2, -0.15) is 5.26 Å². The van der Waals surface area contributed by atoms with Crippen molar-refractivity contribution in [1.82, 2.24) is 9.55 Å². The van der Waals surface area contributed by atoms with Crippen LogP contribution in [0.15, 0.2) is 35.2 Å². The van der Waals surface area contributed by atoms with Gasteiger partial charge in [-0.05, 0) is 34.1 Å². The average molecular weight is 303 g/mol. The summed E-state index contributed by atoms with van der Waals surface area (Å²) in [6.07, 6.45) is 3.78. The lowest BCUT2D eigenvalue weighted by Gasteiger charge is -2.30. The van der Waals surface area contributed by atoms with E-state index >= 15 is 0 Å². The molecule has 1 aliphatic heterocycles. The third-order valence-corrected chi connectivity index (χ3v) is 3.81. The van der Waals surface area contributed by atoms with Gasteiger partial charge in [0, 0.05) is 23.8 Å². The topological polar surface area (TPSA) is 44.9 Å². The van der Waals surface area contributed by atoms with Crippen molar-refractivity contribution in [2.75, 3.05) is 11.4 Å². The molecule has 0 saturated heterocycles. The van der Waals surface area contributed by atoms with Crippen molar-refractivity contribution in [2.24, 2.45) is 0 Å². The van der Waals surface area contributed by atoms with E-state index in [1.165, 1.54) is 5.69 Å². The van der Waals surface area contributed by atoms with Crippen LogP contribution in [-0.4, -0.2) is 16.1 Å². The molecule has 5 heteroatoms. The summed E-state index contributed by atoms with van der Waals surface area (Å²) in [7, 11) is 0. The van der Waals surface area contributed by atoms with E-state index in [0.29, 0.717) is 5.56 Å². The largest absolute Gasteiger partial charge is 0.363 e. The van der Waals surface area contributed by atoms with Crippen LogP contribution in [0.2, 0.25) is 0 Å². The molecule has 2 heterocycles. The van der Waals surface area contributed by atoms with Gasteiger partial charge in [0.25, 0.3) is 0 Å². The molecule has 90 valence electrons. The summed E-state index contributed by atoms with van der Waals surface area (Å²) in [4.78, 5) is 6.46. The zero-order chi connectivity index (χ0) is 12.5. The van der Waals surface area contributed by atoms with Gasteiger partial charge in [0.1, 0.15) is 0 Å². The molecular formula is C13H11BrN4. The van der Waals surface area contributed by atoms with E-state index in [4.69, 9.17) is 5.26 Å². The van der Waals surface area contributed by atoms with Gasteiger partial charge in [-0.3, -0.25) is 0 Å². The van der Waals surface area contributed by atoms with Crippen LogP contribution in [0.3, 0.4) is 0 Å². The lowest BCUT2D eigenvalue weighted by molar-refractivity contribution is 0.571. The third-order valence-electron chi connectivity index (χ3n) is 3.18. The Hall–Kier alpha value is -1.80. The quantitative estimate of drug-likeness (QED) is 0.813. The molecule has 1 aromatic carbocycles. The Labute approximate surface area is 114 Å². The number of halogens is 1.